The summed E-state index contributed by atoms with van der Waals surface area (Å²) in [5.41, 5.74) is 0.808. The minimum absolute atomic E-state index is 0.120. The molecule has 0 aliphatic heterocycles. The molecular formula is C16H19N3O2S. The van der Waals surface area contributed by atoms with Crippen molar-refractivity contribution in [1.29, 1.82) is 0 Å². The highest BCUT2D eigenvalue weighted by atomic mass is 32.1. The maximum absolute atomic E-state index is 12.2. The molecule has 2 atom stereocenters. The van der Waals surface area contributed by atoms with Crippen LogP contribution in [0.15, 0.2) is 41.9 Å². The average molecular weight is 317 g/mol. The van der Waals surface area contributed by atoms with Gasteiger partial charge in [0.2, 0.25) is 11.8 Å². The Balaban J connectivity index is 1.98. The molecule has 0 spiro atoms. The molecule has 0 radical (unpaired) electrons. The van der Waals surface area contributed by atoms with Crippen LogP contribution in [0, 0.1) is 0 Å². The maximum atomic E-state index is 12.2. The van der Waals surface area contributed by atoms with Crippen molar-refractivity contribution in [1.82, 2.24) is 15.6 Å². The van der Waals surface area contributed by atoms with Crippen molar-refractivity contribution in [3.8, 4) is 0 Å². The van der Waals surface area contributed by atoms with Crippen LogP contribution < -0.4 is 10.6 Å². The Bertz CT molecular complexity index is 614. The van der Waals surface area contributed by atoms with Crippen molar-refractivity contribution in [2.45, 2.75) is 32.4 Å². The number of nitrogens with one attached hydrogen (secondary N) is 2. The van der Waals surface area contributed by atoms with Gasteiger partial charge in [0.15, 0.2) is 0 Å². The molecule has 0 saturated heterocycles. The van der Waals surface area contributed by atoms with Gasteiger partial charge in [-0.25, -0.2) is 0 Å². The topological polar surface area (TPSA) is 71.1 Å². The Morgan fingerprint density at radius 1 is 1.23 bits per heavy atom. The number of hydrogen-bond acceptors (Lipinski definition) is 4. The van der Waals surface area contributed by atoms with Crippen LogP contribution in [0.3, 0.4) is 0 Å². The second-order valence-electron chi connectivity index (χ2n) is 5.02. The number of nitrogens with zero attached hydrogens (tertiary/aromatic N) is 1. The van der Waals surface area contributed by atoms with Gasteiger partial charge in [-0.15, -0.1) is 11.3 Å². The van der Waals surface area contributed by atoms with Gasteiger partial charge in [-0.2, -0.15) is 0 Å². The zero-order valence-electron chi connectivity index (χ0n) is 12.6. The third-order valence-electron chi connectivity index (χ3n) is 3.16. The van der Waals surface area contributed by atoms with Gasteiger partial charge in [0.25, 0.3) is 0 Å². The molecule has 0 fully saturated rings. The van der Waals surface area contributed by atoms with E-state index in [1.165, 1.54) is 18.3 Å². The van der Waals surface area contributed by atoms with Gasteiger partial charge in [0, 0.05) is 18.0 Å². The molecule has 5 nitrogen and oxygen atoms in total. The van der Waals surface area contributed by atoms with E-state index in [1.807, 2.05) is 42.6 Å². The number of aromatic nitrogens is 1. The van der Waals surface area contributed by atoms with Crippen LogP contribution in [0.5, 0.6) is 0 Å². The first-order chi connectivity index (χ1) is 10.6. The number of thiophene rings is 1. The summed E-state index contributed by atoms with van der Waals surface area (Å²) in [6.07, 6.45) is 1.90. The molecule has 2 unspecified atom stereocenters. The predicted octanol–water partition coefficient (Wildman–Crippen LogP) is 2.59. The zero-order chi connectivity index (χ0) is 15.9. The number of rotatable bonds is 6. The van der Waals surface area contributed by atoms with E-state index in [0.717, 1.165) is 10.6 Å². The van der Waals surface area contributed by atoms with Gasteiger partial charge in [0.1, 0.15) is 0 Å². The molecule has 2 rings (SSSR count). The summed E-state index contributed by atoms with van der Waals surface area (Å²) in [5, 5.41) is 7.66. The fourth-order valence-corrected chi connectivity index (χ4v) is 2.93. The molecule has 2 aromatic rings. The molecule has 2 heterocycles. The Kier molecular flexibility index (Phi) is 5.66. The maximum Gasteiger partial charge on any atom is 0.222 e. The quantitative estimate of drug-likeness (QED) is 0.860. The van der Waals surface area contributed by atoms with E-state index in [2.05, 4.69) is 15.6 Å². The first-order valence-corrected chi connectivity index (χ1v) is 7.95. The van der Waals surface area contributed by atoms with Crippen molar-refractivity contribution >= 4 is 23.2 Å². The Morgan fingerprint density at radius 2 is 2.05 bits per heavy atom. The highest BCUT2D eigenvalue weighted by molar-refractivity contribution is 7.10. The highest BCUT2D eigenvalue weighted by Gasteiger charge is 2.19. The number of pyridine rings is 1. The molecule has 2 N–H and O–H groups in total. The van der Waals surface area contributed by atoms with Gasteiger partial charge in [-0.1, -0.05) is 12.1 Å². The van der Waals surface area contributed by atoms with E-state index >= 15 is 0 Å². The minimum atomic E-state index is -0.298. The third-order valence-corrected chi connectivity index (χ3v) is 4.15. The summed E-state index contributed by atoms with van der Waals surface area (Å²) in [6, 6.07) is 8.95. The summed E-state index contributed by atoms with van der Waals surface area (Å²) in [6.45, 7) is 3.34. The number of carbonyl (C=O) groups is 2. The SMILES string of the molecule is CC(=O)NC(CC(=O)NC(C)c1ccccn1)c1cccs1. The molecule has 116 valence electrons. The fourth-order valence-electron chi connectivity index (χ4n) is 2.15. The van der Waals surface area contributed by atoms with Crippen molar-refractivity contribution in [2.75, 3.05) is 0 Å². The Hall–Kier alpha value is -2.21. The van der Waals surface area contributed by atoms with E-state index in [4.69, 9.17) is 0 Å². The summed E-state index contributed by atoms with van der Waals surface area (Å²) in [7, 11) is 0. The zero-order valence-corrected chi connectivity index (χ0v) is 13.4. The first kappa shape index (κ1) is 16.2. The van der Waals surface area contributed by atoms with E-state index < -0.39 is 0 Å². The van der Waals surface area contributed by atoms with E-state index in [1.54, 1.807) is 6.20 Å². The van der Waals surface area contributed by atoms with Crippen molar-refractivity contribution in [3.05, 3.63) is 52.5 Å². The second-order valence-corrected chi connectivity index (χ2v) is 6.00. The normalized spacial score (nSPS) is 13.2. The van der Waals surface area contributed by atoms with Crippen LogP contribution in [0.1, 0.15) is 42.9 Å². The number of amides is 2. The van der Waals surface area contributed by atoms with Crippen molar-refractivity contribution < 1.29 is 9.59 Å². The summed E-state index contributed by atoms with van der Waals surface area (Å²) in [4.78, 5) is 28.7. The van der Waals surface area contributed by atoms with Gasteiger partial charge in [-0.3, -0.25) is 14.6 Å². The summed E-state index contributed by atoms with van der Waals surface area (Å²) >= 11 is 1.52. The minimum Gasteiger partial charge on any atom is -0.348 e. The fraction of sp³-hybridized carbons (Fsp3) is 0.312. The number of hydrogen-bond donors (Lipinski definition) is 2. The van der Waals surface area contributed by atoms with Crippen LogP contribution in [-0.4, -0.2) is 16.8 Å². The van der Waals surface area contributed by atoms with Gasteiger partial charge >= 0.3 is 0 Å². The lowest BCUT2D eigenvalue weighted by atomic mass is 10.1. The van der Waals surface area contributed by atoms with Crippen LogP contribution in [-0.2, 0) is 9.59 Å². The molecule has 2 amide bonds. The smallest absolute Gasteiger partial charge is 0.222 e. The first-order valence-electron chi connectivity index (χ1n) is 7.07. The lowest BCUT2D eigenvalue weighted by molar-refractivity contribution is -0.123. The lowest BCUT2D eigenvalue weighted by Crippen LogP contribution is -2.33. The monoisotopic (exact) mass is 317 g/mol. The standard InChI is InChI=1S/C16H19N3O2S/c1-11(13-6-3-4-8-17-13)18-16(21)10-14(19-12(2)20)15-7-5-9-22-15/h3-9,11,14H,10H2,1-2H3,(H,18,21)(H,19,20). The average Bonchev–Trinajstić information content (AvgIpc) is 3.01. The largest absolute Gasteiger partial charge is 0.348 e. The van der Waals surface area contributed by atoms with Crippen molar-refractivity contribution in [2.24, 2.45) is 0 Å². The van der Waals surface area contributed by atoms with Crippen LogP contribution in [0.2, 0.25) is 0 Å². The summed E-state index contributed by atoms with van der Waals surface area (Å²) in [5.74, 6) is -0.269. The highest BCUT2D eigenvalue weighted by Crippen LogP contribution is 2.22. The summed E-state index contributed by atoms with van der Waals surface area (Å²) < 4.78 is 0. The van der Waals surface area contributed by atoms with E-state index in [0.29, 0.717) is 0 Å². The molecule has 0 bridgehead atoms. The predicted molar refractivity (Wildman–Crippen MR) is 86.3 cm³/mol. The molecule has 0 aromatic carbocycles. The molecule has 6 heteroatoms. The number of carbonyl (C=O) groups excluding carboxylic acids is 2. The Morgan fingerprint density at radius 3 is 2.64 bits per heavy atom. The lowest BCUT2D eigenvalue weighted by Gasteiger charge is -2.18. The molecule has 2 aromatic heterocycles. The molecule has 0 aliphatic rings. The Labute approximate surface area is 133 Å². The third kappa shape index (κ3) is 4.66. The van der Waals surface area contributed by atoms with Crippen LogP contribution >= 0.6 is 11.3 Å². The van der Waals surface area contributed by atoms with Crippen molar-refractivity contribution in [3.63, 3.8) is 0 Å². The molecular weight excluding hydrogens is 298 g/mol. The van der Waals surface area contributed by atoms with E-state index in [9.17, 15) is 9.59 Å². The van der Waals surface area contributed by atoms with Gasteiger partial charge in [-0.05, 0) is 30.5 Å². The van der Waals surface area contributed by atoms with Crippen LogP contribution in [0.4, 0.5) is 0 Å². The molecule has 22 heavy (non-hydrogen) atoms. The van der Waals surface area contributed by atoms with E-state index in [-0.39, 0.29) is 30.3 Å². The molecule has 0 aliphatic carbocycles. The van der Waals surface area contributed by atoms with Gasteiger partial charge < -0.3 is 10.6 Å². The van der Waals surface area contributed by atoms with Gasteiger partial charge in [0.05, 0.1) is 24.2 Å². The van der Waals surface area contributed by atoms with Crippen LogP contribution in [0.25, 0.3) is 0 Å². The molecule has 0 saturated carbocycles. The second kappa shape index (κ2) is 7.70.